The number of hydrogen-bond acceptors (Lipinski definition) is 4. The molecule has 0 spiro atoms. The minimum Gasteiger partial charge on any atom is -0.506 e. The van der Waals surface area contributed by atoms with Gasteiger partial charge in [0.05, 0.1) is 12.4 Å². The number of hydrogen-bond donors (Lipinski definition) is 1. The van der Waals surface area contributed by atoms with Gasteiger partial charge in [-0.05, 0) is 26.0 Å². The molecule has 1 heterocycles. The summed E-state index contributed by atoms with van der Waals surface area (Å²) in [6.07, 6.45) is 3.98. The molecule has 0 saturated carbocycles. The van der Waals surface area contributed by atoms with Crippen LogP contribution in [-0.4, -0.2) is 22.5 Å². The molecule has 90 valence electrons. The van der Waals surface area contributed by atoms with Crippen molar-refractivity contribution in [3.05, 3.63) is 48.0 Å². The molecular weight excluding hydrogens is 218 g/mol. The number of aliphatic hydroxyl groups is 1. The lowest BCUT2D eigenvalue weighted by Crippen LogP contribution is -1.95. The molecule has 0 aliphatic heterocycles. The van der Waals surface area contributed by atoms with Crippen LogP contribution < -0.4 is 0 Å². The van der Waals surface area contributed by atoms with Crippen LogP contribution in [0.2, 0.25) is 0 Å². The number of nitrogens with zero attached hydrogens (tertiary/aromatic N) is 1. The van der Waals surface area contributed by atoms with Gasteiger partial charge in [-0.15, -0.1) is 0 Å². The molecule has 0 aliphatic rings. The van der Waals surface area contributed by atoms with E-state index in [-0.39, 0.29) is 11.5 Å². The molecule has 0 amide bonds. The lowest BCUT2D eigenvalue weighted by Gasteiger charge is -2.00. The Kier molecular flexibility index (Phi) is 4.94. The van der Waals surface area contributed by atoms with Crippen LogP contribution in [0.15, 0.2) is 42.3 Å². The Bertz CT molecular complexity index is 435. The average Bonchev–Trinajstić information content (AvgIpc) is 2.30. The molecule has 1 N–H and O–H groups in total. The van der Waals surface area contributed by atoms with Crippen LogP contribution in [0.1, 0.15) is 19.5 Å². The zero-order valence-electron chi connectivity index (χ0n) is 9.88. The third-order valence-corrected chi connectivity index (χ3v) is 1.92. The first kappa shape index (κ1) is 13.0. The summed E-state index contributed by atoms with van der Waals surface area (Å²) in [5.41, 5.74) is 0.364. The van der Waals surface area contributed by atoms with Gasteiger partial charge in [-0.25, -0.2) is 0 Å². The van der Waals surface area contributed by atoms with Crippen molar-refractivity contribution >= 4 is 11.5 Å². The highest BCUT2D eigenvalue weighted by molar-refractivity contribution is 6.03. The highest BCUT2D eigenvalue weighted by Gasteiger charge is 2.02. The van der Waals surface area contributed by atoms with Crippen LogP contribution in [0.5, 0.6) is 0 Å². The topological polar surface area (TPSA) is 59.4 Å². The Hall–Kier alpha value is -2.10. The molecule has 0 bridgehead atoms. The Morgan fingerprint density at radius 2 is 2.24 bits per heavy atom. The first-order valence-corrected chi connectivity index (χ1v) is 5.30. The molecule has 0 aliphatic carbocycles. The van der Waals surface area contributed by atoms with Crippen molar-refractivity contribution in [3.63, 3.8) is 0 Å². The quantitative estimate of drug-likeness (QED) is 0.627. The number of pyridine rings is 1. The van der Waals surface area contributed by atoms with Gasteiger partial charge in [-0.3, -0.25) is 9.78 Å². The van der Waals surface area contributed by atoms with Gasteiger partial charge in [0, 0.05) is 18.3 Å². The Morgan fingerprint density at radius 1 is 1.47 bits per heavy atom. The predicted molar refractivity (Wildman–Crippen MR) is 65.2 cm³/mol. The molecule has 0 radical (unpaired) electrons. The van der Waals surface area contributed by atoms with Gasteiger partial charge < -0.3 is 9.84 Å². The number of rotatable bonds is 5. The average molecular weight is 233 g/mol. The van der Waals surface area contributed by atoms with Gasteiger partial charge in [-0.1, -0.05) is 6.07 Å². The third kappa shape index (κ3) is 4.51. The lowest BCUT2D eigenvalue weighted by molar-refractivity contribution is -0.110. The number of ether oxygens (including phenoxy) is 1. The third-order valence-electron chi connectivity index (χ3n) is 1.92. The van der Waals surface area contributed by atoms with Crippen molar-refractivity contribution in [1.82, 2.24) is 4.98 Å². The number of carbonyl (C=O) groups is 1. The summed E-state index contributed by atoms with van der Waals surface area (Å²) in [6.45, 7) is 4.03. The summed E-state index contributed by atoms with van der Waals surface area (Å²) < 4.78 is 5.11. The highest BCUT2D eigenvalue weighted by atomic mass is 16.5. The smallest absolute Gasteiger partial charge is 0.185 e. The number of carbonyl (C=O) groups excluding carboxylic acids is 1. The second kappa shape index (κ2) is 6.48. The molecule has 0 atom stereocenters. The standard InChI is InChI=1S/C13H15NO3/c1-3-17-10(2)8-11(15)9-13(16)12-6-4-5-7-14-12/h4-9,16H,3H2,1-2H3/b10-8+,13-9-. The Balaban J connectivity index is 2.76. The first-order chi connectivity index (χ1) is 8.13. The summed E-state index contributed by atoms with van der Waals surface area (Å²) in [4.78, 5) is 15.4. The van der Waals surface area contributed by atoms with E-state index in [2.05, 4.69) is 4.98 Å². The predicted octanol–water partition coefficient (Wildman–Crippen LogP) is 2.49. The van der Waals surface area contributed by atoms with Crippen LogP contribution >= 0.6 is 0 Å². The first-order valence-electron chi connectivity index (χ1n) is 5.30. The highest BCUT2D eigenvalue weighted by Crippen LogP contribution is 2.07. The molecular formula is C13H15NO3. The van der Waals surface area contributed by atoms with Crippen LogP contribution in [0.3, 0.4) is 0 Å². The van der Waals surface area contributed by atoms with Gasteiger partial charge in [0.15, 0.2) is 5.78 Å². The normalized spacial score (nSPS) is 12.4. The van der Waals surface area contributed by atoms with Crippen LogP contribution in [0, 0.1) is 0 Å². The van der Waals surface area contributed by atoms with Gasteiger partial charge in [0.1, 0.15) is 11.5 Å². The zero-order valence-corrected chi connectivity index (χ0v) is 9.88. The molecule has 0 unspecified atom stereocenters. The monoisotopic (exact) mass is 233 g/mol. The number of aromatic nitrogens is 1. The van der Waals surface area contributed by atoms with E-state index in [1.54, 1.807) is 31.3 Å². The SMILES string of the molecule is CCO/C(C)=C/C(=O)/C=C(\O)c1ccccn1. The number of ketones is 1. The molecule has 4 heteroatoms. The van der Waals surface area contributed by atoms with Gasteiger partial charge in [0.2, 0.25) is 0 Å². The van der Waals surface area contributed by atoms with Crippen LogP contribution in [0.4, 0.5) is 0 Å². The second-order valence-electron chi connectivity index (χ2n) is 3.33. The molecule has 4 nitrogen and oxygen atoms in total. The Labute approximate surface area is 100 Å². The summed E-state index contributed by atoms with van der Waals surface area (Å²) >= 11 is 0. The van der Waals surface area contributed by atoms with Crippen molar-refractivity contribution in [2.75, 3.05) is 6.61 Å². The lowest BCUT2D eigenvalue weighted by atomic mass is 10.2. The van der Waals surface area contributed by atoms with E-state index in [0.717, 1.165) is 6.08 Å². The molecule has 0 saturated heterocycles. The van der Waals surface area contributed by atoms with E-state index < -0.39 is 0 Å². The fourth-order valence-electron chi connectivity index (χ4n) is 1.23. The summed E-state index contributed by atoms with van der Waals surface area (Å²) in [5, 5.41) is 9.64. The van der Waals surface area contributed by atoms with Crippen LogP contribution in [0.25, 0.3) is 5.76 Å². The molecule has 17 heavy (non-hydrogen) atoms. The number of allylic oxidation sites excluding steroid dienone is 3. The van der Waals surface area contributed by atoms with Gasteiger partial charge in [-0.2, -0.15) is 0 Å². The zero-order chi connectivity index (χ0) is 12.7. The van der Waals surface area contributed by atoms with Crippen molar-refractivity contribution in [2.24, 2.45) is 0 Å². The second-order valence-corrected chi connectivity index (χ2v) is 3.33. The minimum absolute atomic E-state index is 0.156. The fraction of sp³-hybridized carbons (Fsp3) is 0.231. The van der Waals surface area contributed by atoms with E-state index >= 15 is 0 Å². The molecule has 1 rings (SSSR count). The Morgan fingerprint density at radius 3 is 2.82 bits per heavy atom. The van der Waals surface area contributed by atoms with E-state index in [1.807, 2.05) is 6.92 Å². The molecule has 0 aromatic carbocycles. The molecule has 1 aromatic heterocycles. The molecule has 0 fully saturated rings. The van der Waals surface area contributed by atoms with Crippen LogP contribution in [-0.2, 0) is 9.53 Å². The summed E-state index contributed by atoms with van der Waals surface area (Å²) in [5.74, 6) is 0.0258. The van der Waals surface area contributed by atoms with E-state index in [1.165, 1.54) is 6.08 Å². The van der Waals surface area contributed by atoms with E-state index in [9.17, 15) is 9.90 Å². The van der Waals surface area contributed by atoms with Crippen molar-refractivity contribution < 1.29 is 14.6 Å². The minimum atomic E-state index is -0.334. The maximum Gasteiger partial charge on any atom is 0.185 e. The summed E-state index contributed by atoms with van der Waals surface area (Å²) in [6, 6.07) is 5.09. The van der Waals surface area contributed by atoms with E-state index in [4.69, 9.17) is 4.74 Å². The number of aliphatic hydroxyl groups excluding tert-OH is 1. The summed E-state index contributed by atoms with van der Waals surface area (Å²) in [7, 11) is 0. The van der Waals surface area contributed by atoms with Crippen molar-refractivity contribution in [2.45, 2.75) is 13.8 Å². The fourth-order valence-corrected chi connectivity index (χ4v) is 1.23. The van der Waals surface area contributed by atoms with Gasteiger partial charge >= 0.3 is 0 Å². The van der Waals surface area contributed by atoms with Crippen molar-refractivity contribution in [3.8, 4) is 0 Å². The van der Waals surface area contributed by atoms with E-state index in [0.29, 0.717) is 18.1 Å². The van der Waals surface area contributed by atoms with Crippen molar-refractivity contribution in [1.29, 1.82) is 0 Å². The largest absolute Gasteiger partial charge is 0.506 e. The maximum absolute atomic E-state index is 11.5. The van der Waals surface area contributed by atoms with Gasteiger partial charge in [0.25, 0.3) is 0 Å². The molecule has 1 aromatic rings. The maximum atomic E-state index is 11.5.